The van der Waals surface area contributed by atoms with Gasteiger partial charge in [-0.15, -0.1) is 0 Å². The molecule has 0 saturated carbocycles. The Hall–Kier alpha value is -3.77. The molecule has 2 unspecified atom stereocenters. The number of hydrogen-bond donors (Lipinski definition) is 1. The van der Waals surface area contributed by atoms with Gasteiger partial charge in [0.2, 0.25) is 0 Å². The van der Waals surface area contributed by atoms with Crippen molar-refractivity contribution in [3.05, 3.63) is 132 Å². The van der Waals surface area contributed by atoms with Crippen molar-refractivity contribution in [2.45, 2.75) is 25.3 Å². The Labute approximate surface area is 225 Å². The molecule has 3 aromatic carbocycles. The zero-order valence-corrected chi connectivity index (χ0v) is 21.8. The summed E-state index contributed by atoms with van der Waals surface area (Å²) in [7, 11) is 0. The van der Waals surface area contributed by atoms with E-state index >= 15 is 0 Å². The molecule has 5 rings (SSSR count). The van der Waals surface area contributed by atoms with E-state index < -0.39 is 12.3 Å². The van der Waals surface area contributed by atoms with E-state index in [1.165, 1.54) is 11.1 Å². The number of pyridine rings is 1. The lowest BCUT2D eigenvalue weighted by atomic mass is 9.96. The van der Waals surface area contributed by atoms with Crippen LogP contribution < -0.4 is 4.74 Å². The lowest BCUT2D eigenvalue weighted by molar-refractivity contribution is -0.0770. The molecule has 1 fully saturated rings. The van der Waals surface area contributed by atoms with Gasteiger partial charge in [-0.3, -0.25) is 14.8 Å². The molecule has 1 saturated heterocycles. The largest absolute Gasteiger partial charge is 0.472 e. The van der Waals surface area contributed by atoms with E-state index in [1.807, 2.05) is 55.5 Å². The first-order valence-electron chi connectivity index (χ1n) is 13.3. The molecule has 1 aliphatic rings. The minimum absolute atomic E-state index is 0.199. The molecule has 1 N–H and O–H groups in total. The molecule has 1 aromatic heterocycles. The fraction of sp³-hybridized carbons (Fsp3) is 0.242. The van der Waals surface area contributed by atoms with E-state index in [0.29, 0.717) is 0 Å². The number of rotatable bonds is 9. The van der Waals surface area contributed by atoms with Gasteiger partial charge in [-0.05, 0) is 41.8 Å². The van der Waals surface area contributed by atoms with Crippen LogP contribution in [0.5, 0.6) is 5.75 Å². The lowest BCUT2D eigenvalue weighted by Gasteiger charge is -2.43. The highest BCUT2D eigenvalue weighted by Crippen LogP contribution is 2.30. The van der Waals surface area contributed by atoms with Crippen molar-refractivity contribution in [2.24, 2.45) is 0 Å². The minimum Gasteiger partial charge on any atom is -0.472 e. The molecule has 38 heavy (non-hydrogen) atoms. The average Bonchev–Trinajstić information content (AvgIpc) is 2.97. The van der Waals surface area contributed by atoms with E-state index in [0.717, 1.165) is 43.1 Å². The van der Waals surface area contributed by atoms with Gasteiger partial charge in [-0.25, -0.2) is 0 Å². The van der Waals surface area contributed by atoms with E-state index in [2.05, 4.69) is 75.4 Å². The Morgan fingerprint density at radius 3 is 1.87 bits per heavy atom. The fourth-order valence-electron chi connectivity index (χ4n) is 5.13. The van der Waals surface area contributed by atoms with E-state index in [-0.39, 0.29) is 6.04 Å². The van der Waals surface area contributed by atoms with Crippen LogP contribution in [0, 0.1) is 0 Å². The number of aromatic nitrogens is 1. The third-order valence-electron chi connectivity index (χ3n) is 7.05. The number of benzene rings is 3. The van der Waals surface area contributed by atoms with E-state index in [9.17, 15) is 5.11 Å². The highest BCUT2D eigenvalue weighted by Gasteiger charge is 2.32. The van der Waals surface area contributed by atoms with Crippen LogP contribution in [-0.2, 0) is 0 Å². The summed E-state index contributed by atoms with van der Waals surface area (Å²) in [6.07, 6.45) is 6.59. The monoisotopic (exact) mass is 505 g/mol. The maximum atomic E-state index is 10.8. The lowest BCUT2D eigenvalue weighted by Crippen LogP contribution is -2.55. The predicted molar refractivity (Wildman–Crippen MR) is 154 cm³/mol. The Bertz CT molecular complexity index is 1250. The predicted octanol–water partition coefficient (Wildman–Crippen LogP) is 5.74. The van der Waals surface area contributed by atoms with Crippen LogP contribution in [0.15, 0.2) is 109 Å². The van der Waals surface area contributed by atoms with Crippen molar-refractivity contribution in [1.82, 2.24) is 14.8 Å². The maximum Gasteiger partial charge on any atom is 0.178 e. The summed E-state index contributed by atoms with van der Waals surface area (Å²) in [4.78, 5) is 8.88. The summed E-state index contributed by atoms with van der Waals surface area (Å²) < 4.78 is 6.49. The molecule has 0 spiro atoms. The molecule has 2 heterocycles. The number of aliphatic hydroxyl groups is 1. The van der Waals surface area contributed by atoms with Crippen molar-refractivity contribution in [3.63, 3.8) is 0 Å². The topological polar surface area (TPSA) is 48.8 Å². The molecule has 194 valence electrons. The molecular weight excluding hydrogens is 470 g/mol. The van der Waals surface area contributed by atoms with Gasteiger partial charge in [-0.1, -0.05) is 91.0 Å². The van der Waals surface area contributed by atoms with Crippen molar-refractivity contribution in [2.75, 3.05) is 26.2 Å². The van der Waals surface area contributed by atoms with Gasteiger partial charge in [0, 0.05) is 44.1 Å². The Morgan fingerprint density at radius 1 is 0.711 bits per heavy atom. The van der Waals surface area contributed by atoms with Crippen molar-refractivity contribution < 1.29 is 9.84 Å². The Morgan fingerprint density at radius 2 is 1.26 bits per heavy atom. The maximum absolute atomic E-state index is 10.8. The average molecular weight is 506 g/mol. The van der Waals surface area contributed by atoms with Crippen molar-refractivity contribution >= 4 is 12.2 Å². The number of aliphatic hydroxyl groups excluding tert-OH is 1. The van der Waals surface area contributed by atoms with Crippen LogP contribution in [0.3, 0.4) is 0 Å². The standard InChI is InChI=1S/C33H35N3O2/c1-26(37)33(38-31-15-9-8-10-28(31)17-16-27-18-20-34-21-19-27)36-24-22-35(23-25-36)32(29-11-4-2-5-12-29)30-13-6-3-7-14-30/h2-21,26,32-33,37H,22-25H2,1H3/b17-16+. The molecule has 0 bridgehead atoms. The number of hydrogen-bond acceptors (Lipinski definition) is 5. The first-order valence-corrected chi connectivity index (χ1v) is 13.3. The molecular formula is C33H35N3O2. The van der Waals surface area contributed by atoms with Crippen LogP contribution in [0.4, 0.5) is 0 Å². The number of para-hydroxylation sites is 1. The zero-order chi connectivity index (χ0) is 26.2. The summed E-state index contributed by atoms with van der Waals surface area (Å²) >= 11 is 0. The molecule has 2 atom stereocenters. The Kier molecular flexibility index (Phi) is 8.61. The number of piperazine rings is 1. The van der Waals surface area contributed by atoms with Gasteiger partial charge in [0.25, 0.3) is 0 Å². The van der Waals surface area contributed by atoms with Crippen LogP contribution in [-0.4, -0.2) is 58.4 Å². The molecule has 5 nitrogen and oxygen atoms in total. The molecule has 4 aromatic rings. The summed E-state index contributed by atoms with van der Waals surface area (Å²) in [5.41, 5.74) is 4.64. The van der Waals surface area contributed by atoms with Crippen molar-refractivity contribution in [3.8, 4) is 5.75 Å². The van der Waals surface area contributed by atoms with E-state index in [4.69, 9.17) is 4.74 Å². The van der Waals surface area contributed by atoms with Gasteiger partial charge in [0.05, 0.1) is 6.04 Å². The molecule has 5 heteroatoms. The third-order valence-corrected chi connectivity index (χ3v) is 7.05. The van der Waals surface area contributed by atoms with Crippen LogP contribution in [0.25, 0.3) is 12.2 Å². The van der Waals surface area contributed by atoms with E-state index in [1.54, 1.807) is 12.4 Å². The summed E-state index contributed by atoms with van der Waals surface area (Å²) in [5, 5.41) is 10.8. The highest BCUT2D eigenvalue weighted by atomic mass is 16.5. The normalized spacial score (nSPS) is 16.5. The molecule has 0 amide bonds. The first-order chi connectivity index (χ1) is 18.7. The first kappa shape index (κ1) is 25.9. The van der Waals surface area contributed by atoms with Crippen LogP contribution in [0.1, 0.15) is 35.2 Å². The second kappa shape index (κ2) is 12.7. The number of nitrogens with zero attached hydrogens (tertiary/aromatic N) is 3. The molecule has 1 aliphatic heterocycles. The second-order valence-electron chi connectivity index (χ2n) is 9.70. The molecule has 0 radical (unpaired) electrons. The van der Waals surface area contributed by atoms with Crippen molar-refractivity contribution in [1.29, 1.82) is 0 Å². The SMILES string of the molecule is CC(O)C(Oc1ccccc1/C=C/c1ccncc1)N1CCN(C(c2ccccc2)c2ccccc2)CC1. The summed E-state index contributed by atoms with van der Waals surface area (Å²) in [5.74, 6) is 0.762. The number of ether oxygens (including phenoxy) is 1. The van der Waals surface area contributed by atoms with Gasteiger partial charge in [0.1, 0.15) is 11.9 Å². The highest BCUT2D eigenvalue weighted by molar-refractivity contribution is 5.72. The second-order valence-corrected chi connectivity index (χ2v) is 9.70. The van der Waals surface area contributed by atoms with Gasteiger partial charge in [0.15, 0.2) is 6.23 Å². The quantitative estimate of drug-likeness (QED) is 0.314. The third kappa shape index (κ3) is 6.37. The Balaban J connectivity index is 1.30. The zero-order valence-electron chi connectivity index (χ0n) is 21.8. The van der Waals surface area contributed by atoms with Gasteiger partial charge >= 0.3 is 0 Å². The van der Waals surface area contributed by atoms with Gasteiger partial charge in [-0.2, -0.15) is 0 Å². The fourth-order valence-corrected chi connectivity index (χ4v) is 5.13. The summed E-state index contributed by atoms with van der Waals surface area (Å²) in [6, 6.07) is 33.5. The molecule has 0 aliphatic carbocycles. The minimum atomic E-state index is -0.641. The van der Waals surface area contributed by atoms with Crippen LogP contribution >= 0.6 is 0 Å². The summed E-state index contributed by atoms with van der Waals surface area (Å²) in [6.45, 7) is 5.18. The smallest absolute Gasteiger partial charge is 0.178 e. The van der Waals surface area contributed by atoms with Crippen LogP contribution in [0.2, 0.25) is 0 Å². The van der Waals surface area contributed by atoms with Gasteiger partial charge < -0.3 is 9.84 Å².